The van der Waals surface area contributed by atoms with E-state index in [1.54, 1.807) is 0 Å². The summed E-state index contributed by atoms with van der Waals surface area (Å²) in [5, 5.41) is 4.59. The van der Waals surface area contributed by atoms with Gasteiger partial charge in [0.1, 0.15) is 0 Å². The van der Waals surface area contributed by atoms with Crippen LogP contribution >= 0.6 is 0 Å². The summed E-state index contributed by atoms with van der Waals surface area (Å²) in [6.45, 7) is 4.66. The molecule has 0 amide bonds. The fourth-order valence-corrected chi connectivity index (χ4v) is 7.12. The fourth-order valence-electron chi connectivity index (χ4n) is 7.12. The molecule has 0 unspecified atom stereocenters. The minimum Gasteiger partial charge on any atom is -0.277 e. The second kappa shape index (κ2) is 9.16. The van der Waals surface area contributed by atoms with Gasteiger partial charge < -0.3 is 0 Å². The van der Waals surface area contributed by atoms with Gasteiger partial charge in [0.05, 0.1) is 11.0 Å². The summed E-state index contributed by atoms with van der Waals surface area (Å²) in [5.74, 6) is 1.88. The van der Waals surface area contributed by atoms with Crippen molar-refractivity contribution in [1.82, 2.24) is 24.5 Å². The molecule has 0 N–H and O–H groups in total. The molecule has 5 nitrogen and oxygen atoms in total. The van der Waals surface area contributed by atoms with Crippen molar-refractivity contribution in [1.29, 1.82) is 0 Å². The van der Waals surface area contributed by atoms with Crippen molar-refractivity contribution in [3.63, 3.8) is 0 Å². The zero-order valence-electron chi connectivity index (χ0n) is 24.4. The number of benzene rings is 5. The second-order valence-corrected chi connectivity index (χ2v) is 12.0. The van der Waals surface area contributed by atoms with Crippen molar-refractivity contribution >= 4 is 32.6 Å². The van der Waals surface area contributed by atoms with Crippen LogP contribution < -0.4 is 0 Å². The van der Waals surface area contributed by atoms with Crippen molar-refractivity contribution in [3.8, 4) is 39.9 Å². The molecule has 0 atom stereocenters. The Bertz CT molecular complexity index is 2350. The molecule has 3 aromatic heterocycles. The third-order valence-electron chi connectivity index (χ3n) is 9.12. The summed E-state index contributed by atoms with van der Waals surface area (Å²) >= 11 is 0. The predicted molar refractivity (Wildman–Crippen MR) is 178 cm³/mol. The van der Waals surface area contributed by atoms with Gasteiger partial charge in [-0.25, -0.2) is 4.98 Å². The number of pyridine rings is 1. The van der Waals surface area contributed by atoms with Gasteiger partial charge in [-0.3, -0.25) is 9.55 Å². The van der Waals surface area contributed by atoms with Gasteiger partial charge in [0.2, 0.25) is 5.95 Å². The monoisotopic (exact) mass is 565 g/mol. The van der Waals surface area contributed by atoms with Crippen LogP contribution in [0.15, 0.2) is 128 Å². The van der Waals surface area contributed by atoms with E-state index in [-0.39, 0.29) is 5.41 Å². The molecule has 5 aromatic carbocycles. The molecule has 0 aliphatic heterocycles. The predicted octanol–water partition coefficient (Wildman–Crippen LogP) is 9.16. The summed E-state index contributed by atoms with van der Waals surface area (Å²) in [6, 6.07) is 40.1. The quantitative estimate of drug-likeness (QED) is 0.214. The third kappa shape index (κ3) is 3.47. The molecular formula is C39H27N5. The van der Waals surface area contributed by atoms with Crippen molar-refractivity contribution in [2.24, 2.45) is 0 Å². The van der Waals surface area contributed by atoms with Crippen molar-refractivity contribution in [2.45, 2.75) is 19.3 Å². The highest BCUT2D eigenvalue weighted by molar-refractivity contribution is 6.22. The number of nitrogens with zero attached hydrogens (tertiary/aromatic N) is 5. The zero-order valence-corrected chi connectivity index (χ0v) is 24.4. The first-order valence-corrected chi connectivity index (χ1v) is 14.9. The van der Waals surface area contributed by atoms with Gasteiger partial charge in [-0.05, 0) is 39.8 Å². The van der Waals surface area contributed by atoms with Gasteiger partial charge in [0.15, 0.2) is 11.6 Å². The SMILES string of the molecule is CC1(C)c2ccccc2-c2ccc3c4c5cnccc5ccc4n(-c4nc(-c5ccccc5)nc(-c5ccccc5)n4)c3c21. The lowest BCUT2D eigenvalue weighted by molar-refractivity contribution is 0.663. The van der Waals surface area contributed by atoms with E-state index >= 15 is 0 Å². The molecular weight excluding hydrogens is 538 g/mol. The largest absolute Gasteiger partial charge is 0.277 e. The maximum atomic E-state index is 5.20. The standard InChI is InChI=1S/C39H27N5/c1-39(2)31-16-10-9-15-27(31)28-18-19-29-33-30-23-40-22-21-24(30)17-20-32(33)44(35(29)34(28)39)38-42-36(25-11-5-3-6-12-25)41-37(43-38)26-13-7-4-8-14-26/h3-23H,1-2H3. The van der Waals surface area contributed by atoms with E-state index in [2.05, 4.69) is 102 Å². The van der Waals surface area contributed by atoms with E-state index < -0.39 is 0 Å². The molecule has 8 aromatic rings. The molecule has 1 aliphatic carbocycles. The summed E-state index contributed by atoms with van der Waals surface area (Å²) < 4.78 is 2.27. The van der Waals surface area contributed by atoms with Gasteiger partial charge in [0.25, 0.3) is 0 Å². The van der Waals surface area contributed by atoms with E-state index in [1.165, 1.54) is 27.6 Å². The first-order valence-electron chi connectivity index (χ1n) is 14.9. The van der Waals surface area contributed by atoms with Crippen molar-refractivity contribution < 1.29 is 0 Å². The van der Waals surface area contributed by atoms with Crippen LogP contribution in [0.5, 0.6) is 0 Å². The first-order chi connectivity index (χ1) is 21.6. The average Bonchev–Trinajstić information content (AvgIpc) is 3.54. The molecule has 3 heterocycles. The molecule has 0 radical (unpaired) electrons. The number of hydrogen-bond acceptors (Lipinski definition) is 4. The van der Waals surface area contributed by atoms with Crippen LogP contribution in [0, 0.1) is 0 Å². The van der Waals surface area contributed by atoms with Gasteiger partial charge in [0, 0.05) is 45.1 Å². The Balaban J connectivity index is 1.47. The van der Waals surface area contributed by atoms with Crippen molar-refractivity contribution in [2.75, 3.05) is 0 Å². The van der Waals surface area contributed by atoms with E-state index in [0.717, 1.165) is 38.3 Å². The smallest absolute Gasteiger partial charge is 0.238 e. The third-order valence-corrected chi connectivity index (χ3v) is 9.12. The summed E-state index contributed by atoms with van der Waals surface area (Å²) in [4.78, 5) is 19.9. The highest BCUT2D eigenvalue weighted by Gasteiger charge is 2.38. The van der Waals surface area contributed by atoms with Gasteiger partial charge in [-0.2, -0.15) is 9.97 Å². The van der Waals surface area contributed by atoms with E-state index in [4.69, 9.17) is 15.0 Å². The Morgan fingerprint density at radius 2 is 1.27 bits per heavy atom. The Kier molecular flexibility index (Phi) is 5.18. The van der Waals surface area contributed by atoms with Crippen LogP contribution in [0.2, 0.25) is 0 Å². The summed E-state index contributed by atoms with van der Waals surface area (Å²) in [7, 11) is 0. The lowest BCUT2D eigenvalue weighted by Gasteiger charge is -2.23. The number of aromatic nitrogens is 5. The Hall–Kier alpha value is -5.68. The summed E-state index contributed by atoms with van der Waals surface area (Å²) in [6.07, 6.45) is 3.84. The molecule has 0 saturated carbocycles. The molecule has 0 spiro atoms. The second-order valence-electron chi connectivity index (χ2n) is 12.0. The van der Waals surface area contributed by atoms with Crippen molar-refractivity contribution in [3.05, 3.63) is 139 Å². The van der Waals surface area contributed by atoms with Crippen LogP contribution in [0.3, 0.4) is 0 Å². The molecule has 208 valence electrons. The van der Waals surface area contributed by atoms with Gasteiger partial charge in [-0.1, -0.05) is 117 Å². The zero-order chi connectivity index (χ0) is 29.4. The highest BCUT2D eigenvalue weighted by Crippen LogP contribution is 2.53. The minimum absolute atomic E-state index is 0.233. The molecule has 5 heteroatoms. The van der Waals surface area contributed by atoms with Crippen LogP contribution in [0.1, 0.15) is 25.0 Å². The number of fused-ring (bicyclic) bond motifs is 9. The first kappa shape index (κ1) is 24.9. The van der Waals surface area contributed by atoms with Crippen LogP contribution in [-0.2, 0) is 5.41 Å². The summed E-state index contributed by atoms with van der Waals surface area (Å²) in [5.41, 5.74) is 8.98. The minimum atomic E-state index is -0.233. The molecule has 0 fully saturated rings. The average molecular weight is 566 g/mol. The lowest BCUT2D eigenvalue weighted by atomic mass is 9.81. The Morgan fingerprint density at radius 3 is 2.00 bits per heavy atom. The molecule has 1 aliphatic rings. The maximum Gasteiger partial charge on any atom is 0.238 e. The highest BCUT2D eigenvalue weighted by atomic mass is 15.2. The maximum absolute atomic E-state index is 5.20. The topological polar surface area (TPSA) is 56.5 Å². The molecule has 9 rings (SSSR count). The Morgan fingerprint density at radius 1 is 0.591 bits per heavy atom. The molecule has 44 heavy (non-hydrogen) atoms. The normalized spacial score (nSPS) is 13.4. The van der Waals surface area contributed by atoms with E-state index in [0.29, 0.717) is 17.6 Å². The van der Waals surface area contributed by atoms with E-state index in [9.17, 15) is 0 Å². The molecule has 0 saturated heterocycles. The Labute approximate surface area is 254 Å². The van der Waals surface area contributed by atoms with Gasteiger partial charge >= 0.3 is 0 Å². The van der Waals surface area contributed by atoms with Crippen LogP contribution in [0.25, 0.3) is 72.4 Å². The van der Waals surface area contributed by atoms with Gasteiger partial charge in [-0.15, -0.1) is 0 Å². The van der Waals surface area contributed by atoms with Crippen LogP contribution in [-0.4, -0.2) is 24.5 Å². The lowest BCUT2D eigenvalue weighted by Crippen LogP contribution is -2.17. The van der Waals surface area contributed by atoms with Crippen LogP contribution in [0.4, 0.5) is 0 Å². The number of rotatable bonds is 3. The van der Waals surface area contributed by atoms with E-state index in [1.807, 2.05) is 48.8 Å². The number of hydrogen-bond donors (Lipinski definition) is 0. The fraction of sp³-hybridized carbons (Fsp3) is 0.0769. The molecule has 0 bridgehead atoms.